The third-order valence-electron chi connectivity index (χ3n) is 3.89. The van der Waals surface area contributed by atoms with Gasteiger partial charge in [-0.05, 0) is 53.1 Å². The standard InChI is InChI=1S/C21H21BO6/c23-19-7-1-4-16(10-19)13-26-22(27-14-17-5-2-8-20(24)11-17)28-15-18-6-3-9-21(25)12-18/h1-12,23-25H,13-15H2. The zero-order valence-electron chi connectivity index (χ0n) is 15.2. The molecule has 0 saturated heterocycles. The SMILES string of the molecule is Oc1cccc(COB(OCc2cccc(O)c2)OCc2cccc(O)c2)c1. The second-order valence-electron chi connectivity index (χ2n) is 6.23. The van der Waals surface area contributed by atoms with E-state index >= 15 is 0 Å². The van der Waals surface area contributed by atoms with Crippen molar-refractivity contribution in [1.82, 2.24) is 0 Å². The molecule has 3 aromatic rings. The van der Waals surface area contributed by atoms with Crippen LogP contribution >= 0.6 is 0 Å². The maximum absolute atomic E-state index is 9.57. The average Bonchev–Trinajstić information content (AvgIpc) is 2.67. The predicted molar refractivity (Wildman–Crippen MR) is 104 cm³/mol. The van der Waals surface area contributed by atoms with Crippen molar-refractivity contribution in [3.05, 3.63) is 89.5 Å². The third-order valence-corrected chi connectivity index (χ3v) is 3.89. The second kappa shape index (κ2) is 9.80. The van der Waals surface area contributed by atoms with Crippen molar-refractivity contribution in [2.45, 2.75) is 19.8 Å². The predicted octanol–water partition coefficient (Wildman–Crippen LogP) is 3.74. The van der Waals surface area contributed by atoms with E-state index in [2.05, 4.69) is 0 Å². The molecular weight excluding hydrogens is 359 g/mol. The Bertz CT molecular complexity index is 784. The van der Waals surface area contributed by atoms with Crippen LogP contribution in [0.25, 0.3) is 0 Å². The number of phenols is 3. The van der Waals surface area contributed by atoms with Gasteiger partial charge >= 0.3 is 7.32 Å². The van der Waals surface area contributed by atoms with Gasteiger partial charge < -0.3 is 29.3 Å². The van der Waals surface area contributed by atoms with Gasteiger partial charge in [-0.25, -0.2) is 0 Å². The van der Waals surface area contributed by atoms with Gasteiger partial charge in [0.15, 0.2) is 0 Å². The van der Waals surface area contributed by atoms with Gasteiger partial charge in [0.2, 0.25) is 0 Å². The lowest BCUT2D eigenvalue weighted by molar-refractivity contribution is 0.0765. The molecule has 0 aliphatic carbocycles. The van der Waals surface area contributed by atoms with Crippen molar-refractivity contribution in [2.24, 2.45) is 0 Å². The van der Waals surface area contributed by atoms with Crippen LogP contribution in [0.4, 0.5) is 0 Å². The van der Waals surface area contributed by atoms with Crippen LogP contribution in [-0.4, -0.2) is 22.6 Å². The van der Waals surface area contributed by atoms with Crippen molar-refractivity contribution in [3.63, 3.8) is 0 Å². The Hall–Kier alpha value is -3.00. The van der Waals surface area contributed by atoms with E-state index in [4.69, 9.17) is 14.0 Å². The smallest absolute Gasteiger partial charge is 0.508 e. The topological polar surface area (TPSA) is 88.4 Å². The quantitative estimate of drug-likeness (QED) is 0.490. The number of hydrogen-bond acceptors (Lipinski definition) is 6. The summed E-state index contributed by atoms with van der Waals surface area (Å²) >= 11 is 0. The fourth-order valence-corrected chi connectivity index (χ4v) is 2.58. The average molecular weight is 380 g/mol. The number of hydrogen-bond donors (Lipinski definition) is 3. The van der Waals surface area contributed by atoms with Gasteiger partial charge in [-0.3, -0.25) is 0 Å². The van der Waals surface area contributed by atoms with Gasteiger partial charge in [0.05, 0.1) is 19.8 Å². The Balaban J connectivity index is 1.61. The van der Waals surface area contributed by atoms with Crippen molar-refractivity contribution in [3.8, 4) is 17.2 Å². The van der Waals surface area contributed by atoms with E-state index in [1.165, 1.54) is 0 Å². The molecule has 6 nitrogen and oxygen atoms in total. The maximum Gasteiger partial charge on any atom is 0.640 e. The summed E-state index contributed by atoms with van der Waals surface area (Å²) < 4.78 is 17.1. The molecule has 3 rings (SSSR count). The van der Waals surface area contributed by atoms with E-state index in [-0.39, 0.29) is 37.1 Å². The molecule has 0 fully saturated rings. The largest absolute Gasteiger partial charge is 0.640 e. The normalized spacial score (nSPS) is 10.7. The highest BCUT2D eigenvalue weighted by Crippen LogP contribution is 2.16. The van der Waals surface area contributed by atoms with Crippen LogP contribution in [-0.2, 0) is 33.8 Å². The van der Waals surface area contributed by atoms with E-state index in [0.717, 1.165) is 16.7 Å². The molecule has 0 aliphatic rings. The monoisotopic (exact) mass is 380 g/mol. The first-order valence-corrected chi connectivity index (χ1v) is 8.77. The summed E-state index contributed by atoms with van der Waals surface area (Å²) in [5, 5.41) is 28.7. The highest BCUT2D eigenvalue weighted by Gasteiger charge is 2.22. The molecule has 28 heavy (non-hydrogen) atoms. The summed E-state index contributed by atoms with van der Waals surface area (Å²) in [6, 6.07) is 20.2. The van der Waals surface area contributed by atoms with E-state index in [1.807, 2.05) is 18.2 Å². The van der Waals surface area contributed by atoms with Crippen LogP contribution < -0.4 is 0 Å². The van der Waals surface area contributed by atoms with E-state index in [0.29, 0.717) is 0 Å². The van der Waals surface area contributed by atoms with Crippen LogP contribution in [0.3, 0.4) is 0 Å². The molecule has 0 atom stereocenters. The van der Waals surface area contributed by atoms with Crippen molar-refractivity contribution < 1.29 is 29.3 Å². The summed E-state index contributed by atoms with van der Waals surface area (Å²) in [7, 11) is -0.980. The number of aromatic hydroxyl groups is 3. The molecule has 0 aromatic heterocycles. The molecule has 0 heterocycles. The molecule has 3 N–H and O–H groups in total. The van der Waals surface area contributed by atoms with Gasteiger partial charge in [-0.15, -0.1) is 0 Å². The van der Waals surface area contributed by atoms with Gasteiger partial charge in [-0.1, -0.05) is 36.4 Å². The fraction of sp³-hybridized carbons (Fsp3) is 0.143. The van der Waals surface area contributed by atoms with Crippen molar-refractivity contribution in [1.29, 1.82) is 0 Å². The molecule has 0 saturated carbocycles. The van der Waals surface area contributed by atoms with Crippen LogP contribution in [0.15, 0.2) is 72.8 Å². The Kier molecular flexibility index (Phi) is 6.92. The van der Waals surface area contributed by atoms with Crippen molar-refractivity contribution in [2.75, 3.05) is 0 Å². The third kappa shape index (κ3) is 6.31. The Morgan fingerprint density at radius 2 is 0.857 bits per heavy atom. The first-order valence-electron chi connectivity index (χ1n) is 8.77. The molecule has 3 aromatic carbocycles. The molecular formula is C21H21BO6. The molecule has 0 amide bonds. The van der Waals surface area contributed by atoms with E-state index in [9.17, 15) is 15.3 Å². The highest BCUT2D eigenvalue weighted by atomic mass is 16.7. The summed E-state index contributed by atoms with van der Waals surface area (Å²) in [5.74, 6) is 0.456. The number of rotatable bonds is 9. The molecule has 0 unspecified atom stereocenters. The van der Waals surface area contributed by atoms with Crippen LogP contribution in [0.2, 0.25) is 0 Å². The van der Waals surface area contributed by atoms with Gasteiger partial charge in [0, 0.05) is 0 Å². The zero-order chi connectivity index (χ0) is 19.8. The van der Waals surface area contributed by atoms with Crippen LogP contribution in [0, 0.1) is 0 Å². The minimum absolute atomic E-state index is 0.152. The van der Waals surface area contributed by atoms with E-state index in [1.54, 1.807) is 54.6 Å². The van der Waals surface area contributed by atoms with E-state index < -0.39 is 7.32 Å². The fourth-order valence-electron chi connectivity index (χ4n) is 2.58. The Morgan fingerprint density at radius 1 is 0.536 bits per heavy atom. The summed E-state index contributed by atoms with van der Waals surface area (Å²) in [4.78, 5) is 0. The lowest BCUT2D eigenvalue weighted by atomic mass is 10.1. The number of phenolic OH excluding ortho intramolecular Hbond substituents is 3. The summed E-state index contributed by atoms with van der Waals surface area (Å²) in [5.41, 5.74) is 2.31. The number of benzene rings is 3. The summed E-state index contributed by atoms with van der Waals surface area (Å²) in [6.07, 6.45) is 0. The van der Waals surface area contributed by atoms with Crippen LogP contribution in [0.5, 0.6) is 17.2 Å². The van der Waals surface area contributed by atoms with Gasteiger partial charge in [0.1, 0.15) is 17.2 Å². The lowest BCUT2D eigenvalue weighted by Gasteiger charge is -2.15. The maximum atomic E-state index is 9.57. The Morgan fingerprint density at radius 3 is 1.14 bits per heavy atom. The lowest BCUT2D eigenvalue weighted by Crippen LogP contribution is -2.27. The minimum atomic E-state index is -0.980. The molecule has 144 valence electrons. The minimum Gasteiger partial charge on any atom is -0.508 e. The molecule has 0 aliphatic heterocycles. The summed E-state index contributed by atoms with van der Waals surface area (Å²) in [6.45, 7) is 0.539. The van der Waals surface area contributed by atoms with Gasteiger partial charge in [-0.2, -0.15) is 0 Å². The van der Waals surface area contributed by atoms with Crippen molar-refractivity contribution >= 4 is 7.32 Å². The molecule has 0 radical (unpaired) electrons. The first kappa shape index (κ1) is 19.8. The zero-order valence-corrected chi connectivity index (χ0v) is 15.2. The van der Waals surface area contributed by atoms with Gasteiger partial charge in [0.25, 0.3) is 0 Å². The second-order valence-corrected chi connectivity index (χ2v) is 6.23. The Labute approximate surface area is 163 Å². The highest BCUT2D eigenvalue weighted by molar-refractivity contribution is 6.36. The molecule has 0 bridgehead atoms. The molecule has 0 spiro atoms. The molecule has 7 heteroatoms. The first-order chi connectivity index (χ1) is 13.6. The van der Waals surface area contributed by atoms with Crippen LogP contribution in [0.1, 0.15) is 16.7 Å².